The summed E-state index contributed by atoms with van der Waals surface area (Å²) < 4.78 is 21.9. The van der Waals surface area contributed by atoms with Crippen molar-refractivity contribution in [3.8, 4) is 0 Å². The van der Waals surface area contributed by atoms with Gasteiger partial charge < -0.3 is 54.8 Å². The molecule has 2 aliphatic rings. The molecule has 0 saturated carbocycles. The molecule has 0 unspecified atom stereocenters. The number of rotatable bonds is 0. The molecule has 2 saturated heterocycles. The molecule has 2 bridgehead atoms. The minimum Gasteiger partial charge on any atom is -0.833 e. The molecular weight excluding hydrogens is 233 g/mol. The van der Waals surface area contributed by atoms with Crippen molar-refractivity contribution in [2.75, 3.05) is 0 Å². The van der Waals surface area contributed by atoms with Gasteiger partial charge in [0.15, 0.2) is 0 Å². The maximum atomic E-state index is 10.5. The van der Waals surface area contributed by atoms with Crippen LogP contribution in [0.3, 0.4) is 0 Å². The second-order valence-electron chi connectivity index (χ2n) is 1.84. The zero-order valence-electron chi connectivity index (χ0n) is 9.17. The van der Waals surface area contributed by atoms with E-state index in [9.17, 15) is 10.0 Å². The fraction of sp³-hybridized carbons (Fsp3) is 0. The van der Waals surface area contributed by atoms with Crippen LogP contribution in [0.2, 0.25) is 0 Å². The van der Waals surface area contributed by atoms with E-state index in [0.717, 1.165) is 0 Å². The normalized spacial score (nSPS) is 15.9. The zero-order chi connectivity index (χ0) is 7.84. The largest absolute Gasteiger partial charge is 1.00 e. The third-order valence-electron chi connectivity index (χ3n) is 1.11. The van der Waals surface area contributed by atoms with Crippen LogP contribution in [0.1, 0.15) is 0 Å². The molecule has 2 aliphatic heterocycles. The summed E-state index contributed by atoms with van der Waals surface area (Å²) in [6.45, 7) is 0. The standard InChI is InChI=1S/B4O7.2Li.4H2O/c5-1-7-3-9-2(6)10-4(8-1)11-3;;;;;;/h;;;4*1H2/q-2;2*+1;;;;. The molecule has 88 valence electrons. The second-order valence-corrected chi connectivity index (χ2v) is 1.84. The van der Waals surface area contributed by atoms with E-state index < -0.39 is 29.3 Å². The minimum absolute atomic E-state index is 0. The number of hydrogen-bond acceptors (Lipinski definition) is 7. The molecule has 2 heterocycles. The summed E-state index contributed by atoms with van der Waals surface area (Å²) in [6, 6.07) is 0. The van der Waals surface area contributed by atoms with Crippen molar-refractivity contribution in [1.29, 1.82) is 0 Å². The van der Waals surface area contributed by atoms with Crippen LogP contribution in [0.15, 0.2) is 0 Å². The summed E-state index contributed by atoms with van der Waals surface area (Å²) in [6.07, 6.45) is 0. The molecule has 0 aromatic heterocycles. The van der Waals surface area contributed by atoms with Gasteiger partial charge >= 0.3 is 67.0 Å². The molecule has 0 amide bonds. The molecule has 0 aliphatic carbocycles. The zero-order valence-corrected chi connectivity index (χ0v) is 9.17. The molecule has 17 heteroatoms. The van der Waals surface area contributed by atoms with Crippen LogP contribution in [0.4, 0.5) is 0 Å². The van der Waals surface area contributed by atoms with Gasteiger partial charge in [0.05, 0.1) is 0 Å². The van der Waals surface area contributed by atoms with Crippen LogP contribution in [-0.4, -0.2) is 51.2 Å². The molecule has 0 atom stereocenters. The summed E-state index contributed by atoms with van der Waals surface area (Å²) in [7, 11) is -6.00. The number of fused-ring (bicyclic) bond motifs is 2. The van der Waals surface area contributed by atoms with Gasteiger partial charge in [-0.25, -0.2) is 0 Å². The molecule has 17 heavy (non-hydrogen) atoms. The Bertz CT molecular complexity index is 127. The Labute approximate surface area is 122 Å². The van der Waals surface area contributed by atoms with Crippen LogP contribution in [0, 0.1) is 0 Å². The van der Waals surface area contributed by atoms with Crippen molar-refractivity contribution in [2.45, 2.75) is 0 Å². The first-order valence-electron chi connectivity index (χ1n) is 2.83. The van der Waals surface area contributed by atoms with E-state index >= 15 is 0 Å². The SMILES string of the molecule is O.O.O.O.[Li+].[Li+].[O-]B1OB2OB([O-])OB(O1)O2. The van der Waals surface area contributed by atoms with Gasteiger partial charge in [0.1, 0.15) is 0 Å². The predicted octanol–water partition coefficient (Wildman–Crippen LogP) is -13.5. The van der Waals surface area contributed by atoms with Crippen molar-refractivity contribution in [3.63, 3.8) is 0 Å². The Morgan fingerprint density at radius 1 is 0.529 bits per heavy atom. The Hall–Kier alpha value is 1.01. The monoisotopic (exact) mass is 242 g/mol. The summed E-state index contributed by atoms with van der Waals surface area (Å²) in [5, 5.41) is 21.0. The van der Waals surface area contributed by atoms with Crippen molar-refractivity contribution >= 4 is 29.3 Å². The van der Waals surface area contributed by atoms with E-state index in [-0.39, 0.29) is 59.6 Å². The molecular formula is H8B4Li2O11. The Morgan fingerprint density at radius 3 is 1.00 bits per heavy atom. The Kier molecular flexibility index (Phi) is 24.4. The maximum Gasteiger partial charge on any atom is 1.00 e. The van der Waals surface area contributed by atoms with E-state index in [1.807, 2.05) is 0 Å². The quantitative estimate of drug-likeness (QED) is 0.372. The van der Waals surface area contributed by atoms with Crippen molar-refractivity contribution < 1.29 is 92.5 Å². The first-order valence-corrected chi connectivity index (χ1v) is 2.83. The van der Waals surface area contributed by atoms with Gasteiger partial charge in [-0.05, 0) is 0 Å². The molecule has 11 nitrogen and oxygen atoms in total. The van der Waals surface area contributed by atoms with E-state index in [1.165, 1.54) is 0 Å². The van der Waals surface area contributed by atoms with E-state index in [4.69, 9.17) is 0 Å². The van der Waals surface area contributed by atoms with Crippen LogP contribution in [-0.2, 0) is 22.9 Å². The molecule has 2 fully saturated rings. The third kappa shape index (κ3) is 8.69. The molecule has 0 spiro atoms. The minimum atomic E-state index is -1.73. The fourth-order valence-corrected chi connectivity index (χ4v) is 0.710. The van der Waals surface area contributed by atoms with Crippen LogP contribution >= 0.6 is 0 Å². The fourth-order valence-electron chi connectivity index (χ4n) is 0.710. The second kappa shape index (κ2) is 13.4. The summed E-state index contributed by atoms with van der Waals surface area (Å²) >= 11 is 0. The third-order valence-corrected chi connectivity index (χ3v) is 1.11. The van der Waals surface area contributed by atoms with Gasteiger partial charge in [-0.2, -0.15) is 0 Å². The van der Waals surface area contributed by atoms with Gasteiger partial charge in [0.25, 0.3) is 0 Å². The smallest absolute Gasteiger partial charge is 0.833 e. The molecule has 2 rings (SSSR count). The first kappa shape index (κ1) is 30.8. The van der Waals surface area contributed by atoms with Gasteiger partial charge in [0, 0.05) is 0 Å². The summed E-state index contributed by atoms with van der Waals surface area (Å²) in [4.78, 5) is 0. The van der Waals surface area contributed by atoms with Crippen molar-refractivity contribution in [2.24, 2.45) is 0 Å². The Balaban J connectivity index is -0.0000000800. The van der Waals surface area contributed by atoms with E-state index in [0.29, 0.717) is 0 Å². The summed E-state index contributed by atoms with van der Waals surface area (Å²) in [5.74, 6) is 0. The predicted molar refractivity (Wildman–Crippen MR) is 42.9 cm³/mol. The van der Waals surface area contributed by atoms with Crippen LogP contribution < -0.4 is 47.8 Å². The van der Waals surface area contributed by atoms with Crippen molar-refractivity contribution in [1.82, 2.24) is 0 Å². The summed E-state index contributed by atoms with van der Waals surface area (Å²) in [5.41, 5.74) is 0. The van der Waals surface area contributed by atoms with E-state index in [1.54, 1.807) is 0 Å². The maximum absolute atomic E-state index is 10.5. The Morgan fingerprint density at radius 2 is 0.765 bits per heavy atom. The van der Waals surface area contributed by atoms with Gasteiger partial charge in [0.2, 0.25) is 0 Å². The molecule has 0 aromatic rings. The molecule has 0 aromatic carbocycles. The van der Waals surface area contributed by atoms with Gasteiger partial charge in [-0.15, -0.1) is 0 Å². The van der Waals surface area contributed by atoms with Crippen molar-refractivity contribution in [3.05, 3.63) is 0 Å². The molecule has 8 N–H and O–H groups in total. The molecule has 0 radical (unpaired) electrons. The van der Waals surface area contributed by atoms with Gasteiger partial charge in [-0.1, -0.05) is 0 Å². The topological polar surface area (TPSA) is 218 Å². The van der Waals surface area contributed by atoms with E-state index in [2.05, 4.69) is 22.9 Å². The van der Waals surface area contributed by atoms with Gasteiger partial charge in [-0.3, -0.25) is 0 Å². The first-order chi connectivity index (χ1) is 5.24. The average molecular weight is 241 g/mol. The average Bonchev–Trinajstić information content (AvgIpc) is 1.82. The van der Waals surface area contributed by atoms with Crippen LogP contribution in [0.25, 0.3) is 0 Å². The van der Waals surface area contributed by atoms with Crippen LogP contribution in [0.5, 0.6) is 0 Å². The number of hydrogen-bond donors (Lipinski definition) is 0.